The molecule has 0 aliphatic carbocycles. The molecular formula is C8H11N3O3S. The van der Waals surface area contributed by atoms with Gasteiger partial charge >= 0.3 is 5.97 Å². The van der Waals surface area contributed by atoms with Crippen molar-refractivity contribution in [2.75, 3.05) is 26.4 Å². The summed E-state index contributed by atoms with van der Waals surface area (Å²) in [5.41, 5.74) is 5.63. The van der Waals surface area contributed by atoms with Gasteiger partial charge in [0.05, 0.1) is 7.11 Å². The number of nitrogen functional groups attached to an aromatic ring is 1. The van der Waals surface area contributed by atoms with Crippen molar-refractivity contribution in [3.05, 3.63) is 11.1 Å². The SMILES string of the molecule is COC(=O)CN(C)C(=O)c1csc(N)n1. The second-order valence-corrected chi connectivity index (χ2v) is 3.70. The average Bonchev–Trinajstić information content (AvgIpc) is 2.63. The van der Waals surface area contributed by atoms with Crippen LogP contribution in [0.2, 0.25) is 0 Å². The number of hydrogen-bond acceptors (Lipinski definition) is 6. The Kier molecular flexibility index (Phi) is 3.62. The lowest BCUT2D eigenvalue weighted by Crippen LogP contribution is -2.32. The molecule has 0 aliphatic rings. The summed E-state index contributed by atoms with van der Waals surface area (Å²) in [5, 5.41) is 1.87. The molecule has 0 bridgehead atoms. The van der Waals surface area contributed by atoms with Crippen LogP contribution in [0.25, 0.3) is 0 Å². The molecule has 1 rings (SSSR count). The molecule has 15 heavy (non-hydrogen) atoms. The van der Waals surface area contributed by atoms with Crippen LogP contribution in [0.4, 0.5) is 5.13 Å². The van der Waals surface area contributed by atoms with Gasteiger partial charge in [0.2, 0.25) is 0 Å². The fraction of sp³-hybridized carbons (Fsp3) is 0.375. The summed E-state index contributed by atoms with van der Waals surface area (Å²) in [6, 6.07) is 0. The Bertz CT molecular complexity index is 377. The molecular weight excluding hydrogens is 218 g/mol. The lowest BCUT2D eigenvalue weighted by molar-refractivity contribution is -0.141. The van der Waals surface area contributed by atoms with E-state index in [0.717, 1.165) is 0 Å². The maximum absolute atomic E-state index is 11.6. The number of methoxy groups -OCH3 is 1. The highest BCUT2D eigenvalue weighted by molar-refractivity contribution is 7.13. The molecule has 0 unspecified atom stereocenters. The van der Waals surface area contributed by atoms with Gasteiger partial charge in [-0.05, 0) is 0 Å². The van der Waals surface area contributed by atoms with E-state index >= 15 is 0 Å². The van der Waals surface area contributed by atoms with E-state index in [1.165, 1.54) is 30.4 Å². The van der Waals surface area contributed by atoms with Crippen molar-refractivity contribution >= 4 is 28.3 Å². The smallest absolute Gasteiger partial charge is 0.325 e. The predicted octanol–water partition coefficient (Wildman–Crippen LogP) is -0.0297. The Balaban J connectivity index is 2.64. The van der Waals surface area contributed by atoms with Gasteiger partial charge in [0.1, 0.15) is 12.2 Å². The van der Waals surface area contributed by atoms with Crippen LogP contribution in [0.15, 0.2) is 5.38 Å². The summed E-state index contributed by atoms with van der Waals surface area (Å²) in [5.74, 6) is -0.831. The fourth-order valence-electron chi connectivity index (χ4n) is 0.911. The first-order chi connectivity index (χ1) is 7.04. The minimum atomic E-state index is -0.478. The minimum absolute atomic E-state index is 0.104. The molecule has 0 saturated carbocycles. The van der Waals surface area contributed by atoms with E-state index in [2.05, 4.69) is 9.72 Å². The van der Waals surface area contributed by atoms with Crippen LogP contribution in [-0.4, -0.2) is 42.5 Å². The summed E-state index contributed by atoms with van der Waals surface area (Å²) >= 11 is 1.18. The second kappa shape index (κ2) is 4.74. The zero-order valence-electron chi connectivity index (χ0n) is 8.39. The molecule has 0 spiro atoms. The number of aromatic nitrogens is 1. The normalized spacial score (nSPS) is 9.73. The van der Waals surface area contributed by atoms with Gasteiger partial charge in [-0.3, -0.25) is 9.59 Å². The highest BCUT2D eigenvalue weighted by Crippen LogP contribution is 2.12. The zero-order chi connectivity index (χ0) is 11.4. The quantitative estimate of drug-likeness (QED) is 0.736. The summed E-state index contributed by atoms with van der Waals surface area (Å²) in [7, 11) is 2.76. The predicted molar refractivity (Wildman–Crippen MR) is 55.5 cm³/mol. The van der Waals surface area contributed by atoms with Gasteiger partial charge in [0.25, 0.3) is 5.91 Å². The van der Waals surface area contributed by atoms with E-state index in [4.69, 9.17) is 5.73 Å². The summed E-state index contributed by atoms with van der Waals surface area (Å²) < 4.78 is 4.44. The van der Waals surface area contributed by atoms with Gasteiger partial charge in [0, 0.05) is 12.4 Å². The molecule has 0 atom stereocenters. The number of anilines is 1. The number of likely N-dealkylation sites (N-methyl/N-ethyl adjacent to an activating group) is 1. The van der Waals surface area contributed by atoms with Crippen molar-refractivity contribution in [2.24, 2.45) is 0 Å². The van der Waals surface area contributed by atoms with E-state index in [-0.39, 0.29) is 18.1 Å². The molecule has 2 N–H and O–H groups in total. The Hall–Kier alpha value is -1.63. The van der Waals surface area contributed by atoms with Crippen LogP contribution in [0.1, 0.15) is 10.5 Å². The second-order valence-electron chi connectivity index (χ2n) is 2.81. The molecule has 0 saturated heterocycles. The third kappa shape index (κ3) is 2.91. The average molecular weight is 229 g/mol. The van der Waals surface area contributed by atoms with Gasteiger partial charge in [-0.25, -0.2) is 4.98 Å². The molecule has 0 aliphatic heterocycles. The molecule has 6 nitrogen and oxygen atoms in total. The van der Waals surface area contributed by atoms with Gasteiger partial charge in [-0.1, -0.05) is 0 Å². The molecule has 1 amide bonds. The Morgan fingerprint density at radius 1 is 1.67 bits per heavy atom. The van der Waals surface area contributed by atoms with Crippen LogP contribution in [0.3, 0.4) is 0 Å². The standard InChI is InChI=1S/C8H11N3O3S/c1-11(3-6(12)14-2)7(13)5-4-15-8(9)10-5/h4H,3H2,1-2H3,(H2,9,10). The van der Waals surface area contributed by atoms with Crippen molar-refractivity contribution in [1.29, 1.82) is 0 Å². The molecule has 1 aromatic heterocycles. The van der Waals surface area contributed by atoms with Crippen molar-refractivity contribution in [3.63, 3.8) is 0 Å². The third-order valence-electron chi connectivity index (χ3n) is 1.68. The number of esters is 1. The molecule has 1 heterocycles. The highest BCUT2D eigenvalue weighted by atomic mass is 32.1. The lowest BCUT2D eigenvalue weighted by atomic mass is 10.4. The molecule has 7 heteroatoms. The largest absolute Gasteiger partial charge is 0.468 e. The van der Waals surface area contributed by atoms with Crippen LogP contribution in [-0.2, 0) is 9.53 Å². The van der Waals surface area contributed by atoms with Crippen molar-refractivity contribution in [3.8, 4) is 0 Å². The number of rotatable bonds is 3. The van der Waals surface area contributed by atoms with Gasteiger partial charge in [-0.15, -0.1) is 11.3 Å². The number of nitrogens with zero attached hydrogens (tertiary/aromatic N) is 2. The number of carbonyl (C=O) groups is 2. The summed E-state index contributed by atoms with van der Waals surface area (Å²) in [4.78, 5) is 27.6. The van der Waals surface area contributed by atoms with Crippen molar-refractivity contribution < 1.29 is 14.3 Å². The lowest BCUT2D eigenvalue weighted by Gasteiger charge is -2.13. The monoisotopic (exact) mass is 229 g/mol. The Labute approximate surface area is 90.7 Å². The number of nitrogens with two attached hydrogens (primary N) is 1. The Morgan fingerprint density at radius 3 is 2.80 bits per heavy atom. The highest BCUT2D eigenvalue weighted by Gasteiger charge is 2.17. The van der Waals surface area contributed by atoms with E-state index in [1.807, 2.05) is 0 Å². The molecule has 0 radical (unpaired) electrons. The van der Waals surface area contributed by atoms with E-state index in [0.29, 0.717) is 5.13 Å². The third-order valence-corrected chi connectivity index (χ3v) is 2.36. The maximum atomic E-state index is 11.6. The number of amides is 1. The molecule has 1 aromatic rings. The first kappa shape index (κ1) is 11.4. The van der Waals surface area contributed by atoms with Crippen LogP contribution >= 0.6 is 11.3 Å². The topological polar surface area (TPSA) is 85.5 Å². The molecule has 82 valence electrons. The summed E-state index contributed by atoms with van der Waals surface area (Å²) in [6.07, 6.45) is 0. The van der Waals surface area contributed by atoms with Gasteiger partial charge in [-0.2, -0.15) is 0 Å². The first-order valence-corrected chi connectivity index (χ1v) is 4.96. The maximum Gasteiger partial charge on any atom is 0.325 e. The molecule has 0 aromatic carbocycles. The van der Waals surface area contributed by atoms with Gasteiger partial charge in [0.15, 0.2) is 5.13 Å². The van der Waals surface area contributed by atoms with Crippen LogP contribution in [0.5, 0.6) is 0 Å². The zero-order valence-corrected chi connectivity index (χ0v) is 9.21. The number of ether oxygens (including phenoxy) is 1. The summed E-state index contributed by atoms with van der Waals surface area (Å²) in [6.45, 7) is -0.104. The number of hydrogen-bond donors (Lipinski definition) is 1. The van der Waals surface area contributed by atoms with E-state index in [1.54, 1.807) is 5.38 Å². The number of thiazole rings is 1. The van der Waals surface area contributed by atoms with Crippen molar-refractivity contribution in [1.82, 2.24) is 9.88 Å². The van der Waals surface area contributed by atoms with Crippen LogP contribution in [0, 0.1) is 0 Å². The Morgan fingerprint density at radius 2 is 2.33 bits per heavy atom. The van der Waals surface area contributed by atoms with Crippen molar-refractivity contribution in [2.45, 2.75) is 0 Å². The number of carbonyl (C=O) groups excluding carboxylic acids is 2. The fourth-order valence-corrected chi connectivity index (χ4v) is 1.45. The van der Waals surface area contributed by atoms with Gasteiger partial charge < -0.3 is 15.4 Å². The minimum Gasteiger partial charge on any atom is -0.468 e. The van der Waals surface area contributed by atoms with Crippen LogP contribution < -0.4 is 5.73 Å². The molecule has 0 fully saturated rings. The first-order valence-electron chi connectivity index (χ1n) is 4.08. The van der Waals surface area contributed by atoms with E-state index in [9.17, 15) is 9.59 Å². The van der Waals surface area contributed by atoms with E-state index < -0.39 is 5.97 Å².